The van der Waals surface area contributed by atoms with Gasteiger partial charge in [0.25, 0.3) is 5.91 Å². The SMILES string of the molecule is COCC(C)N(C(=N)NC(=O)c1ccc(F)c(F)c1)c1nn(C(=O)OCI)c2cc(C(F)(F)F)ccc12. The van der Waals surface area contributed by atoms with Gasteiger partial charge in [0.05, 0.1) is 23.7 Å². The van der Waals surface area contributed by atoms with Crippen LogP contribution in [0, 0.1) is 17.0 Å². The van der Waals surface area contributed by atoms with Gasteiger partial charge in [-0.2, -0.15) is 17.9 Å². The molecule has 2 N–H and O–H groups in total. The number of halogens is 6. The van der Waals surface area contributed by atoms with E-state index in [2.05, 4.69) is 10.4 Å². The van der Waals surface area contributed by atoms with Gasteiger partial charge in [-0.1, -0.05) is 0 Å². The number of benzene rings is 2. The van der Waals surface area contributed by atoms with Crippen LogP contribution in [0.4, 0.5) is 32.6 Å². The van der Waals surface area contributed by atoms with Gasteiger partial charge < -0.3 is 9.47 Å². The number of anilines is 1. The van der Waals surface area contributed by atoms with Gasteiger partial charge in [-0.05, 0) is 65.9 Å². The molecule has 3 aromatic rings. The number of carbonyl (C=O) groups excluding carboxylic acids is 2. The Labute approximate surface area is 220 Å². The van der Waals surface area contributed by atoms with Crippen LogP contribution in [-0.2, 0) is 15.7 Å². The number of rotatable bonds is 6. The number of ether oxygens (including phenoxy) is 2. The fourth-order valence-corrected chi connectivity index (χ4v) is 3.69. The monoisotopic (exact) mass is 639 g/mol. The Morgan fingerprint density at radius 3 is 2.49 bits per heavy atom. The van der Waals surface area contributed by atoms with E-state index in [0.29, 0.717) is 16.8 Å². The predicted octanol–water partition coefficient (Wildman–Crippen LogP) is 4.92. The molecule has 198 valence electrons. The summed E-state index contributed by atoms with van der Waals surface area (Å²) in [6, 6.07) is 4.22. The molecule has 1 amide bonds. The Kier molecular flexibility index (Phi) is 8.68. The molecule has 1 heterocycles. The van der Waals surface area contributed by atoms with Crippen molar-refractivity contribution in [3.05, 3.63) is 59.2 Å². The first-order chi connectivity index (χ1) is 17.4. The van der Waals surface area contributed by atoms with E-state index in [1.54, 1.807) is 29.5 Å². The molecule has 0 saturated carbocycles. The first kappa shape index (κ1) is 28.2. The molecule has 0 bridgehead atoms. The lowest BCUT2D eigenvalue weighted by atomic mass is 10.1. The third-order valence-electron chi connectivity index (χ3n) is 5.07. The number of guanidine groups is 1. The Morgan fingerprint density at radius 1 is 1.19 bits per heavy atom. The molecular formula is C22H19F5IN5O4. The molecule has 0 aliphatic heterocycles. The molecule has 37 heavy (non-hydrogen) atoms. The van der Waals surface area contributed by atoms with Gasteiger partial charge in [0.1, 0.15) is 4.61 Å². The summed E-state index contributed by atoms with van der Waals surface area (Å²) in [6.07, 6.45) is -5.79. The number of aromatic nitrogens is 2. The molecule has 0 aliphatic carbocycles. The number of carbonyl (C=O) groups is 2. The first-order valence-electron chi connectivity index (χ1n) is 10.3. The fraction of sp³-hybridized carbons (Fsp3) is 0.273. The number of fused-ring (bicyclic) bond motifs is 1. The van der Waals surface area contributed by atoms with Crippen molar-refractivity contribution < 1.29 is 41.0 Å². The fourth-order valence-electron chi connectivity index (χ4n) is 3.43. The molecular weight excluding hydrogens is 620 g/mol. The molecule has 0 fully saturated rings. The highest BCUT2D eigenvalue weighted by Crippen LogP contribution is 2.35. The van der Waals surface area contributed by atoms with E-state index in [-0.39, 0.29) is 33.5 Å². The van der Waals surface area contributed by atoms with E-state index in [4.69, 9.17) is 14.9 Å². The Bertz CT molecular complexity index is 1350. The quantitative estimate of drug-likeness (QED) is 0.130. The van der Waals surface area contributed by atoms with Gasteiger partial charge in [-0.3, -0.25) is 20.4 Å². The minimum absolute atomic E-state index is 0.0311. The number of alkyl halides is 4. The van der Waals surface area contributed by atoms with Crippen molar-refractivity contribution in [1.29, 1.82) is 5.41 Å². The van der Waals surface area contributed by atoms with Gasteiger partial charge in [-0.15, -0.1) is 5.10 Å². The molecule has 0 spiro atoms. The van der Waals surface area contributed by atoms with Crippen LogP contribution in [0.25, 0.3) is 10.9 Å². The second-order valence-electron chi connectivity index (χ2n) is 7.59. The molecule has 15 heteroatoms. The van der Waals surface area contributed by atoms with E-state index in [0.717, 1.165) is 29.2 Å². The van der Waals surface area contributed by atoms with E-state index >= 15 is 0 Å². The van der Waals surface area contributed by atoms with Crippen molar-refractivity contribution in [3.8, 4) is 0 Å². The summed E-state index contributed by atoms with van der Waals surface area (Å²) in [5.41, 5.74) is -1.60. The minimum atomic E-state index is -4.72. The standard InChI is InChI=1S/C22H19F5IN5O4/c1-11(9-36-2)32(20(29)30-19(34)12-3-6-15(23)16(24)7-12)18-14-5-4-13(22(25,26)27)8-17(14)33(31-18)21(35)37-10-28/h3-8,11H,9-10H2,1-2H3,(H2,29,30,34). The molecule has 1 atom stereocenters. The second kappa shape index (κ2) is 11.4. The van der Waals surface area contributed by atoms with Gasteiger partial charge >= 0.3 is 12.3 Å². The molecule has 1 unspecified atom stereocenters. The lowest BCUT2D eigenvalue weighted by Gasteiger charge is -2.29. The summed E-state index contributed by atoms with van der Waals surface area (Å²) in [5, 5.41) is 14.9. The second-order valence-corrected chi connectivity index (χ2v) is 8.21. The van der Waals surface area contributed by atoms with E-state index in [9.17, 15) is 31.5 Å². The molecule has 2 aromatic carbocycles. The normalized spacial score (nSPS) is 12.3. The van der Waals surface area contributed by atoms with Crippen LogP contribution in [0.15, 0.2) is 36.4 Å². The number of amides is 1. The Hall–Kier alpha value is -3.34. The summed E-state index contributed by atoms with van der Waals surface area (Å²) in [5.74, 6) is -4.19. The first-order valence-corrected chi connectivity index (χ1v) is 11.9. The predicted molar refractivity (Wildman–Crippen MR) is 131 cm³/mol. The number of methoxy groups -OCH3 is 1. The summed E-state index contributed by atoms with van der Waals surface area (Å²) in [4.78, 5) is 26.2. The summed E-state index contributed by atoms with van der Waals surface area (Å²) in [6.45, 7) is 1.54. The molecule has 0 aliphatic rings. The van der Waals surface area contributed by atoms with Gasteiger partial charge in [0, 0.05) is 18.1 Å². The van der Waals surface area contributed by atoms with Gasteiger partial charge in [0.15, 0.2) is 17.5 Å². The van der Waals surface area contributed by atoms with Crippen molar-refractivity contribution in [2.24, 2.45) is 0 Å². The van der Waals surface area contributed by atoms with Crippen molar-refractivity contribution in [3.63, 3.8) is 0 Å². The summed E-state index contributed by atoms with van der Waals surface area (Å²) in [7, 11) is 1.36. The zero-order valence-electron chi connectivity index (χ0n) is 19.2. The number of nitrogens with zero attached hydrogens (tertiary/aromatic N) is 3. The molecule has 0 radical (unpaired) electrons. The highest BCUT2D eigenvalue weighted by atomic mass is 127. The third-order valence-corrected chi connectivity index (χ3v) is 5.38. The van der Waals surface area contributed by atoms with Crippen molar-refractivity contribution in [2.45, 2.75) is 19.1 Å². The Morgan fingerprint density at radius 2 is 1.89 bits per heavy atom. The van der Waals surface area contributed by atoms with Gasteiger partial charge in [-0.25, -0.2) is 13.6 Å². The van der Waals surface area contributed by atoms with Crippen LogP contribution in [-0.4, -0.2) is 52.1 Å². The summed E-state index contributed by atoms with van der Waals surface area (Å²) < 4.78 is 77.5. The van der Waals surface area contributed by atoms with Crippen LogP contribution in [0.1, 0.15) is 22.8 Å². The number of nitrogens with one attached hydrogen (secondary N) is 2. The topological polar surface area (TPSA) is 110 Å². The lowest BCUT2D eigenvalue weighted by molar-refractivity contribution is -0.137. The van der Waals surface area contributed by atoms with Crippen LogP contribution in [0.5, 0.6) is 0 Å². The molecule has 3 rings (SSSR count). The zero-order chi connectivity index (χ0) is 27.5. The van der Waals surface area contributed by atoms with Crippen LogP contribution in [0.3, 0.4) is 0 Å². The van der Waals surface area contributed by atoms with E-state index in [1.165, 1.54) is 7.11 Å². The maximum absolute atomic E-state index is 13.6. The average Bonchev–Trinajstić information content (AvgIpc) is 3.19. The highest BCUT2D eigenvalue weighted by Gasteiger charge is 2.33. The molecule has 9 nitrogen and oxygen atoms in total. The zero-order valence-corrected chi connectivity index (χ0v) is 21.4. The maximum atomic E-state index is 13.6. The largest absolute Gasteiger partial charge is 0.437 e. The maximum Gasteiger partial charge on any atom is 0.436 e. The smallest absolute Gasteiger partial charge is 0.436 e. The summed E-state index contributed by atoms with van der Waals surface area (Å²) >= 11 is 1.73. The van der Waals surface area contributed by atoms with Crippen LogP contribution in [0.2, 0.25) is 0 Å². The van der Waals surface area contributed by atoms with Crippen LogP contribution < -0.4 is 10.2 Å². The average molecular weight is 639 g/mol. The van der Waals surface area contributed by atoms with Crippen LogP contribution >= 0.6 is 22.6 Å². The Balaban J connectivity index is 2.11. The van der Waals surface area contributed by atoms with Crippen molar-refractivity contribution >= 4 is 57.3 Å². The minimum Gasteiger partial charge on any atom is -0.437 e. The van der Waals surface area contributed by atoms with E-state index in [1.807, 2.05) is 0 Å². The van der Waals surface area contributed by atoms with Gasteiger partial charge in [0.2, 0.25) is 5.96 Å². The number of hydrogen-bond acceptors (Lipinski definition) is 6. The van der Waals surface area contributed by atoms with E-state index < -0.39 is 47.4 Å². The third kappa shape index (κ3) is 6.15. The van der Waals surface area contributed by atoms with Crippen molar-refractivity contribution in [2.75, 3.05) is 23.2 Å². The van der Waals surface area contributed by atoms with Crippen molar-refractivity contribution in [1.82, 2.24) is 15.1 Å². The highest BCUT2D eigenvalue weighted by molar-refractivity contribution is 14.1. The lowest BCUT2D eigenvalue weighted by Crippen LogP contribution is -2.49. The molecule has 1 aromatic heterocycles. The molecule has 0 saturated heterocycles. The number of hydrogen-bond donors (Lipinski definition) is 2.